The van der Waals surface area contributed by atoms with Crippen LogP contribution in [-0.4, -0.2) is 22.7 Å². The van der Waals surface area contributed by atoms with Crippen molar-refractivity contribution < 1.29 is 5.11 Å². The van der Waals surface area contributed by atoms with E-state index >= 15 is 0 Å². The largest absolute Gasteiger partial charge is 0.393 e. The summed E-state index contributed by atoms with van der Waals surface area (Å²) >= 11 is 5.25. The first kappa shape index (κ1) is 9.62. The Hall–Kier alpha value is -0.930. The maximum atomic E-state index is 9.39. The molecule has 2 atom stereocenters. The number of rotatable bonds is 2. The van der Waals surface area contributed by atoms with Gasteiger partial charge in [-0.25, -0.2) is 0 Å². The summed E-state index contributed by atoms with van der Waals surface area (Å²) in [5, 5.41) is 9.39. The fourth-order valence-corrected chi connectivity index (χ4v) is 2.10. The van der Waals surface area contributed by atoms with E-state index in [1.807, 2.05) is 30.3 Å². The van der Waals surface area contributed by atoms with E-state index in [2.05, 4.69) is 4.90 Å². The predicted molar refractivity (Wildman–Crippen MR) is 61.6 cm³/mol. The molecular weight excluding hydrogens is 194 g/mol. The number of anilines is 1. The van der Waals surface area contributed by atoms with Crippen LogP contribution in [0.25, 0.3) is 0 Å². The van der Waals surface area contributed by atoms with E-state index in [1.54, 1.807) is 6.92 Å². The van der Waals surface area contributed by atoms with Crippen LogP contribution in [-0.2, 0) is 0 Å². The first-order valence-corrected chi connectivity index (χ1v) is 5.15. The number of hydrogen-bond donors (Lipinski definition) is 1. The Balaban J connectivity index is 2.09. The van der Waals surface area contributed by atoms with Gasteiger partial charge in [0.05, 0.1) is 17.0 Å². The summed E-state index contributed by atoms with van der Waals surface area (Å²) in [5.74, 6) is 0.158. The predicted octanol–water partition coefficient (Wildman–Crippen LogP) is 1.83. The molecule has 0 amide bonds. The summed E-state index contributed by atoms with van der Waals surface area (Å²) in [6.45, 7) is 2.62. The van der Waals surface area contributed by atoms with E-state index < -0.39 is 0 Å². The molecule has 2 nitrogen and oxygen atoms in total. The fraction of sp³-hybridized carbons (Fsp3) is 0.364. The topological polar surface area (TPSA) is 23.5 Å². The molecule has 1 aliphatic heterocycles. The zero-order valence-corrected chi connectivity index (χ0v) is 8.87. The van der Waals surface area contributed by atoms with Gasteiger partial charge < -0.3 is 10.0 Å². The number of benzene rings is 1. The van der Waals surface area contributed by atoms with Crippen LogP contribution >= 0.6 is 12.2 Å². The second-order valence-corrected chi connectivity index (χ2v) is 4.05. The van der Waals surface area contributed by atoms with Gasteiger partial charge in [0.2, 0.25) is 0 Å². The van der Waals surface area contributed by atoms with E-state index in [4.69, 9.17) is 12.2 Å². The average molecular weight is 207 g/mol. The third-order valence-electron chi connectivity index (χ3n) is 2.61. The number of nitrogens with zero attached hydrogens (tertiary/aromatic N) is 1. The van der Waals surface area contributed by atoms with Crippen LogP contribution in [0.2, 0.25) is 0 Å². The Morgan fingerprint density at radius 1 is 1.43 bits per heavy atom. The third-order valence-corrected chi connectivity index (χ3v) is 3.14. The van der Waals surface area contributed by atoms with Gasteiger partial charge in [0.15, 0.2) is 0 Å². The van der Waals surface area contributed by atoms with Gasteiger partial charge in [-0.15, -0.1) is 0 Å². The number of aliphatic hydroxyl groups is 1. The van der Waals surface area contributed by atoms with Gasteiger partial charge in [0.1, 0.15) is 0 Å². The lowest BCUT2D eigenvalue weighted by atomic mass is 9.94. The molecule has 0 unspecified atom stereocenters. The van der Waals surface area contributed by atoms with Gasteiger partial charge in [-0.2, -0.15) is 0 Å². The van der Waals surface area contributed by atoms with Crippen molar-refractivity contribution in [1.82, 2.24) is 0 Å². The van der Waals surface area contributed by atoms with E-state index in [-0.39, 0.29) is 12.0 Å². The Morgan fingerprint density at radius 3 is 2.57 bits per heavy atom. The zero-order chi connectivity index (χ0) is 10.1. The van der Waals surface area contributed by atoms with Crippen molar-refractivity contribution in [1.29, 1.82) is 0 Å². The highest BCUT2D eigenvalue weighted by Crippen LogP contribution is 2.28. The summed E-state index contributed by atoms with van der Waals surface area (Å²) in [6.07, 6.45) is -0.331. The first-order chi connectivity index (χ1) is 6.70. The molecule has 1 heterocycles. The average Bonchev–Trinajstić information content (AvgIpc) is 2.17. The molecule has 14 heavy (non-hydrogen) atoms. The molecule has 0 bridgehead atoms. The number of hydrogen-bond acceptors (Lipinski definition) is 2. The summed E-state index contributed by atoms with van der Waals surface area (Å²) in [7, 11) is 0. The summed E-state index contributed by atoms with van der Waals surface area (Å²) in [5.41, 5.74) is 1.12. The van der Waals surface area contributed by atoms with Crippen LogP contribution in [0.3, 0.4) is 0 Å². The quantitative estimate of drug-likeness (QED) is 0.748. The van der Waals surface area contributed by atoms with Crippen molar-refractivity contribution >= 4 is 22.9 Å². The molecule has 0 saturated carbocycles. The molecule has 1 saturated heterocycles. The maximum Gasteiger partial charge on any atom is 0.0899 e. The first-order valence-electron chi connectivity index (χ1n) is 4.74. The van der Waals surface area contributed by atoms with Crippen LogP contribution in [0.4, 0.5) is 5.69 Å². The Labute approximate surface area is 89.2 Å². The number of aliphatic hydroxyl groups excluding tert-OH is 1. The highest BCUT2D eigenvalue weighted by atomic mass is 32.1. The molecule has 74 valence electrons. The molecular formula is C11H13NOS. The van der Waals surface area contributed by atoms with Gasteiger partial charge in [-0.1, -0.05) is 30.4 Å². The van der Waals surface area contributed by atoms with Crippen LogP contribution < -0.4 is 4.90 Å². The van der Waals surface area contributed by atoms with Gasteiger partial charge in [-0.05, 0) is 19.1 Å². The van der Waals surface area contributed by atoms with E-state index in [0.717, 1.165) is 17.2 Å². The fourth-order valence-electron chi connectivity index (χ4n) is 1.65. The Bertz CT molecular complexity index is 336. The molecule has 0 aliphatic carbocycles. The summed E-state index contributed by atoms with van der Waals surface area (Å²) < 4.78 is 0. The second kappa shape index (κ2) is 3.67. The van der Waals surface area contributed by atoms with Crippen molar-refractivity contribution in [2.75, 3.05) is 11.4 Å². The molecule has 1 fully saturated rings. The van der Waals surface area contributed by atoms with Gasteiger partial charge in [0.25, 0.3) is 0 Å². The lowest BCUT2D eigenvalue weighted by Crippen LogP contribution is -2.55. The normalized spacial score (nSPS) is 23.1. The summed E-state index contributed by atoms with van der Waals surface area (Å²) in [6, 6.07) is 10.0. The van der Waals surface area contributed by atoms with Crippen LogP contribution in [0.1, 0.15) is 6.92 Å². The SMILES string of the molecule is C[C@@H](O)[C@@H]1CN(c2ccccc2)C1=S. The highest BCUT2D eigenvalue weighted by Gasteiger charge is 2.36. The molecule has 0 radical (unpaired) electrons. The van der Waals surface area contributed by atoms with Gasteiger partial charge >= 0.3 is 0 Å². The van der Waals surface area contributed by atoms with Crippen LogP contribution in [0.15, 0.2) is 30.3 Å². The standard InChI is InChI=1S/C11H13NOS/c1-8(13)10-7-12(11(10)14)9-5-3-2-4-6-9/h2-6,8,10,13H,7H2,1H3/t8-,10+/m1/s1. The summed E-state index contributed by atoms with van der Waals surface area (Å²) in [4.78, 5) is 2.92. The molecule has 3 heteroatoms. The van der Waals surface area contributed by atoms with Gasteiger partial charge in [0, 0.05) is 12.2 Å². The van der Waals surface area contributed by atoms with E-state index in [0.29, 0.717) is 0 Å². The van der Waals surface area contributed by atoms with Crippen LogP contribution in [0, 0.1) is 5.92 Å². The molecule has 1 aromatic rings. The number of para-hydroxylation sites is 1. The smallest absolute Gasteiger partial charge is 0.0899 e. The third kappa shape index (κ3) is 1.53. The zero-order valence-electron chi connectivity index (χ0n) is 8.05. The minimum Gasteiger partial charge on any atom is -0.393 e. The van der Waals surface area contributed by atoms with Gasteiger partial charge in [-0.3, -0.25) is 0 Å². The molecule has 1 aliphatic rings. The minimum atomic E-state index is -0.331. The van der Waals surface area contributed by atoms with E-state index in [9.17, 15) is 5.11 Å². The maximum absolute atomic E-state index is 9.39. The van der Waals surface area contributed by atoms with Crippen molar-refractivity contribution in [3.8, 4) is 0 Å². The molecule has 1 aromatic carbocycles. The molecule has 0 aromatic heterocycles. The molecule has 1 N–H and O–H groups in total. The highest BCUT2D eigenvalue weighted by molar-refractivity contribution is 7.80. The van der Waals surface area contributed by atoms with Crippen molar-refractivity contribution in [3.05, 3.63) is 30.3 Å². The second-order valence-electron chi connectivity index (χ2n) is 3.63. The van der Waals surface area contributed by atoms with Crippen molar-refractivity contribution in [2.24, 2.45) is 5.92 Å². The number of thiocarbonyl (C=S) groups is 1. The molecule has 0 spiro atoms. The lowest BCUT2D eigenvalue weighted by molar-refractivity contribution is 0.151. The minimum absolute atomic E-state index is 0.158. The molecule has 2 rings (SSSR count). The lowest BCUT2D eigenvalue weighted by Gasteiger charge is -2.43. The monoisotopic (exact) mass is 207 g/mol. The Kier molecular flexibility index (Phi) is 2.52. The van der Waals surface area contributed by atoms with Crippen LogP contribution in [0.5, 0.6) is 0 Å². The van der Waals surface area contributed by atoms with E-state index in [1.165, 1.54) is 0 Å². The van der Waals surface area contributed by atoms with Crippen molar-refractivity contribution in [3.63, 3.8) is 0 Å². The van der Waals surface area contributed by atoms with Crippen molar-refractivity contribution in [2.45, 2.75) is 13.0 Å². The Morgan fingerprint density at radius 2 is 2.07 bits per heavy atom.